The van der Waals surface area contributed by atoms with Crippen LogP contribution in [0.4, 0.5) is 0 Å². The van der Waals surface area contributed by atoms with Gasteiger partial charge in [0.15, 0.2) is 0 Å². The summed E-state index contributed by atoms with van der Waals surface area (Å²) in [5.74, 6) is 1.64. The molecule has 156 valence electrons. The van der Waals surface area contributed by atoms with Gasteiger partial charge in [-0.3, -0.25) is 4.79 Å². The Morgan fingerprint density at radius 1 is 1.03 bits per heavy atom. The first-order chi connectivity index (χ1) is 14.6. The number of ether oxygens (including phenoxy) is 2. The molecule has 0 spiro atoms. The van der Waals surface area contributed by atoms with Crippen molar-refractivity contribution >= 4 is 11.9 Å². The van der Waals surface area contributed by atoms with Crippen LogP contribution in [0.25, 0.3) is 0 Å². The fraction of sp³-hybridized carbons (Fsp3) is 0.417. The standard InChI is InChI=1S/C24H25NO5/c26-18-9-8-17-12-25(23(27)20(17)10-18)11-15-4-6-16(7-5-15)13-29-22-3-1-2-19-21(22)14-30-24(19)28/h1-3,8-10,15-16,26H,4-7,11-14H2/t15-,16-. The van der Waals surface area contributed by atoms with Crippen molar-refractivity contribution in [2.24, 2.45) is 11.8 Å². The topological polar surface area (TPSA) is 76.1 Å². The monoisotopic (exact) mass is 407 g/mol. The first-order valence-electron chi connectivity index (χ1n) is 10.6. The summed E-state index contributed by atoms with van der Waals surface area (Å²) < 4.78 is 11.2. The van der Waals surface area contributed by atoms with Crippen molar-refractivity contribution < 1.29 is 24.2 Å². The molecule has 0 radical (unpaired) electrons. The number of benzene rings is 2. The molecule has 1 aliphatic carbocycles. The molecule has 2 aromatic rings. The maximum absolute atomic E-state index is 12.6. The van der Waals surface area contributed by atoms with Crippen molar-refractivity contribution in [1.82, 2.24) is 4.90 Å². The number of carbonyl (C=O) groups is 2. The number of aromatic hydroxyl groups is 1. The lowest BCUT2D eigenvalue weighted by molar-refractivity contribution is 0.0533. The van der Waals surface area contributed by atoms with E-state index in [0.717, 1.165) is 49.1 Å². The molecule has 0 saturated heterocycles. The third kappa shape index (κ3) is 3.51. The molecule has 30 heavy (non-hydrogen) atoms. The van der Waals surface area contributed by atoms with E-state index >= 15 is 0 Å². The number of phenols is 1. The molecule has 6 heteroatoms. The van der Waals surface area contributed by atoms with E-state index in [1.54, 1.807) is 18.2 Å². The lowest BCUT2D eigenvalue weighted by Gasteiger charge is -2.31. The van der Waals surface area contributed by atoms with Crippen LogP contribution < -0.4 is 4.74 Å². The SMILES string of the molecule is O=C1OCc2c(OC[C@H]3CC[C@H](CN4Cc5ccc(O)cc5C4=O)CC3)cccc21. The van der Waals surface area contributed by atoms with Crippen molar-refractivity contribution in [2.45, 2.75) is 38.8 Å². The molecule has 0 bridgehead atoms. The highest BCUT2D eigenvalue weighted by Gasteiger charge is 2.31. The van der Waals surface area contributed by atoms with E-state index < -0.39 is 0 Å². The van der Waals surface area contributed by atoms with Gasteiger partial charge >= 0.3 is 5.97 Å². The van der Waals surface area contributed by atoms with Gasteiger partial charge in [-0.05, 0) is 67.3 Å². The second kappa shape index (κ2) is 7.67. The third-order valence-electron chi connectivity index (χ3n) is 6.59. The van der Waals surface area contributed by atoms with Crippen LogP contribution in [0.3, 0.4) is 0 Å². The normalized spacial score (nSPS) is 22.6. The minimum atomic E-state index is -0.273. The number of rotatable bonds is 5. The molecular formula is C24H25NO5. The lowest BCUT2D eigenvalue weighted by atomic mass is 9.82. The van der Waals surface area contributed by atoms with Gasteiger partial charge in [0, 0.05) is 24.2 Å². The van der Waals surface area contributed by atoms with Gasteiger partial charge in [-0.25, -0.2) is 4.79 Å². The van der Waals surface area contributed by atoms with Crippen LogP contribution in [0.2, 0.25) is 0 Å². The van der Waals surface area contributed by atoms with E-state index in [-0.39, 0.29) is 17.6 Å². The maximum Gasteiger partial charge on any atom is 0.339 e. The predicted molar refractivity (Wildman–Crippen MR) is 109 cm³/mol. The molecule has 2 aliphatic heterocycles. The zero-order chi connectivity index (χ0) is 20.7. The van der Waals surface area contributed by atoms with Gasteiger partial charge in [0.05, 0.1) is 12.2 Å². The number of esters is 1. The van der Waals surface area contributed by atoms with Gasteiger partial charge in [-0.2, -0.15) is 0 Å². The summed E-state index contributed by atoms with van der Waals surface area (Å²) in [7, 11) is 0. The Kier molecular flexibility index (Phi) is 4.85. The highest BCUT2D eigenvalue weighted by molar-refractivity contribution is 5.98. The summed E-state index contributed by atoms with van der Waals surface area (Å²) in [6.07, 6.45) is 4.30. The lowest BCUT2D eigenvalue weighted by Crippen LogP contribution is -2.32. The Labute approximate surface area is 175 Å². The Morgan fingerprint density at radius 3 is 2.67 bits per heavy atom. The Hall–Kier alpha value is -3.02. The fourth-order valence-electron chi connectivity index (χ4n) is 4.85. The summed E-state index contributed by atoms with van der Waals surface area (Å²) in [5, 5.41) is 9.64. The van der Waals surface area contributed by atoms with Gasteiger partial charge in [0.25, 0.3) is 5.91 Å². The zero-order valence-corrected chi connectivity index (χ0v) is 16.8. The molecule has 1 fully saturated rings. The fourth-order valence-corrected chi connectivity index (χ4v) is 4.85. The van der Waals surface area contributed by atoms with Crippen LogP contribution >= 0.6 is 0 Å². The van der Waals surface area contributed by atoms with Gasteiger partial charge in [-0.15, -0.1) is 0 Å². The minimum Gasteiger partial charge on any atom is -0.508 e. The number of hydrogen-bond donors (Lipinski definition) is 1. The number of carbonyl (C=O) groups excluding carboxylic acids is 2. The first kappa shape index (κ1) is 19.0. The van der Waals surface area contributed by atoms with E-state index in [2.05, 4.69) is 0 Å². The van der Waals surface area contributed by atoms with Crippen LogP contribution in [-0.4, -0.2) is 35.0 Å². The molecule has 1 saturated carbocycles. The summed E-state index contributed by atoms with van der Waals surface area (Å²) in [4.78, 5) is 26.2. The summed E-state index contributed by atoms with van der Waals surface area (Å²) >= 11 is 0. The van der Waals surface area contributed by atoms with Crippen LogP contribution in [0.15, 0.2) is 36.4 Å². The van der Waals surface area contributed by atoms with Gasteiger partial charge < -0.3 is 19.5 Å². The number of hydrogen-bond acceptors (Lipinski definition) is 5. The summed E-state index contributed by atoms with van der Waals surface area (Å²) in [6.45, 7) is 2.34. The molecule has 0 aromatic heterocycles. The minimum absolute atomic E-state index is 0.0288. The highest BCUT2D eigenvalue weighted by atomic mass is 16.5. The predicted octanol–water partition coefficient (Wildman–Crippen LogP) is 3.90. The maximum atomic E-state index is 12.6. The Morgan fingerprint density at radius 2 is 1.83 bits per heavy atom. The molecule has 6 nitrogen and oxygen atoms in total. The number of nitrogens with zero attached hydrogens (tertiary/aromatic N) is 1. The second-order valence-corrected chi connectivity index (χ2v) is 8.58. The number of phenolic OH excluding ortho intramolecular Hbond substituents is 1. The molecular weight excluding hydrogens is 382 g/mol. The van der Waals surface area contributed by atoms with E-state index in [4.69, 9.17) is 9.47 Å². The highest BCUT2D eigenvalue weighted by Crippen LogP contribution is 2.34. The van der Waals surface area contributed by atoms with Crippen LogP contribution in [0.5, 0.6) is 11.5 Å². The van der Waals surface area contributed by atoms with E-state index in [9.17, 15) is 14.7 Å². The quantitative estimate of drug-likeness (QED) is 0.761. The van der Waals surface area contributed by atoms with Crippen molar-refractivity contribution in [1.29, 1.82) is 0 Å². The molecule has 2 heterocycles. The molecule has 0 unspecified atom stereocenters. The van der Waals surface area contributed by atoms with Gasteiger partial charge in [0.1, 0.15) is 18.1 Å². The van der Waals surface area contributed by atoms with Crippen LogP contribution in [-0.2, 0) is 17.9 Å². The number of fused-ring (bicyclic) bond motifs is 2. The molecule has 5 rings (SSSR count). The summed E-state index contributed by atoms with van der Waals surface area (Å²) in [6, 6.07) is 10.6. The smallest absolute Gasteiger partial charge is 0.339 e. The van der Waals surface area contributed by atoms with E-state index in [0.29, 0.717) is 42.7 Å². The van der Waals surface area contributed by atoms with Gasteiger partial charge in [-0.1, -0.05) is 12.1 Å². The first-order valence-corrected chi connectivity index (χ1v) is 10.6. The molecule has 1 N–H and O–H groups in total. The average molecular weight is 407 g/mol. The van der Waals surface area contributed by atoms with Gasteiger partial charge in [0.2, 0.25) is 0 Å². The molecule has 0 atom stereocenters. The van der Waals surface area contributed by atoms with Crippen molar-refractivity contribution in [3.05, 3.63) is 58.7 Å². The van der Waals surface area contributed by atoms with Crippen molar-refractivity contribution in [3.63, 3.8) is 0 Å². The average Bonchev–Trinajstić information content (AvgIpc) is 3.28. The third-order valence-corrected chi connectivity index (χ3v) is 6.59. The van der Waals surface area contributed by atoms with Crippen molar-refractivity contribution in [2.75, 3.05) is 13.2 Å². The summed E-state index contributed by atoms with van der Waals surface area (Å²) in [5.41, 5.74) is 3.10. The molecule has 3 aliphatic rings. The number of cyclic esters (lactones) is 1. The van der Waals surface area contributed by atoms with Crippen LogP contribution in [0, 0.1) is 11.8 Å². The molecule has 2 aromatic carbocycles. The molecule has 1 amide bonds. The second-order valence-electron chi connectivity index (χ2n) is 8.58. The van der Waals surface area contributed by atoms with Crippen molar-refractivity contribution in [3.8, 4) is 11.5 Å². The number of amides is 1. The Balaban J connectivity index is 1.12. The zero-order valence-electron chi connectivity index (χ0n) is 16.8. The Bertz CT molecular complexity index is 993. The van der Waals surface area contributed by atoms with E-state index in [1.165, 1.54) is 0 Å². The van der Waals surface area contributed by atoms with Crippen LogP contribution in [0.1, 0.15) is 57.5 Å². The van der Waals surface area contributed by atoms with E-state index in [1.807, 2.05) is 23.1 Å². The largest absolute Gasteiger partial charge is 0.508 e.